The molecule has 3 atom stereocenters. The van der Waals surface area contributed by atoms with Crippen molar-refractivity contribution in [2.45, 2.75) is 51.1 Å². The lowest BCUT2D eigenvalue weighted by Crippen LogP contribution is -2.53. The highest BCUT2D eigenvalue weighted by molar-refractivity contribution is 5.90. The van der Waals surface area contributed by atoms with E-state index in [-0.39, 0.29) is 12.5 Å². The molecule has 0 spiro atoms. The first-order valence-corrected chi connectivity index (χ1v) is 8.57. The van der Waals surface area contributed by atoms with Gasteiger partial charge in [-0.25, -0.2) is 4.79 Å². The van der Waals surface area contributed by atoms with Gasteiger partial charge in [-0.2, -0.15) is 0 Å². The molecular formula is C18H25N3O4. The smallest absolute Gasteiger partial charge is 0.410 e. The Hall–Kier alpha value is -2.57. The van der Waals surface area contributed by atoms with Crippen LogP contribution >= 0.6 is 0 Å². The van der Waals surface area contributed by atoms with E-state index in [4.69, 9.17) is 10.5 Å². The number of carbonyl (C=O) groups is 3. The van der Waals surface area contributed by atoms with Crippen molar-refractivity contribution in [3.8, 4) is 5.75 Å². The number of nitrogens with two attached hydrogens (primary N) is 1. The summed E-state index contributed by atoms with van der Waals surface area (Å²) in [7, 11) is 0. The van der Waals surface area contributed by atoms with E-state index < -0.39 is 23.9 Å². The SMILES string of the molecule is C[C@@H]1CCCC[C@@H]1NC(=O)[C@@H](CC(N)=O)NC(=O)Oc1ccccc1. The molecule has 2 rings (SSSR count). The van der Waals surface area contributed by atoms with Crippen LogP contribution in [0.4, 0.5) is 4.79 Å². The van der Waals surface area contributed by atoms with Crippen LogP contribution in [0.1, 0.15) is 39.0 Å². The number of para-hydroxylation sites is 1. The Morgan fingerprint density at radius 2 is 1.88 bits per heavy atom. The number of carbonyl (C=O) groups excluding carboxylic acids is 3. The zero-order chi connectivity index (χ0) is 18.2. The average Bonchev–Trinajstić information content (AvgIpc) is 2.56. The van der Waals surface area contributed by atoms with Crippen LogP contribution in [0.3, 0.4) is 0 Å². The minimum Gasteiger partial charge on any atom is -0.410 e. The third-order valence-electron chi connectivity index (χ3n) is 4.41. The summed E-state index contributed by atoms with van der Waals surface area (Å²) < 4.78 is 5.11. The van der Waals surface area contributed by atoms with E-state index >= 15 is 0 Å². The van der Waals surface area contributed by atoms with Gasteiger partial charge in [0.15, 0.2) is 0 Å². The first-order valence-electron chi connectivity index (χ1n) is 8.57. The predicted molar refractivity (Wildman–Crippen MR) is 92.8 cm³/mol. The Morgan fingerprint density at radius 3 is 2.52 bits per heavy atom. The second-order valence-electron chi connectivity index (χ2n) is 6.45. The number of amides is 3. The van der Waals surface area contributed by atoms with Crippen LogP contribution in [-0.4, -0.2) is 30.0 Å². The average molecular weight is 347 g/mol. The van der Waals surface area contributed by atoms with Gasteiger partial charge in [-0.1, -0.05) is 38.0 Å². The molecule has 1 aliphatic rings. The van der Waals surface area contributed by atoms with Gasteiger partial charge in [-0.05, 0) is 30.9 Å². The topological polar surface area (TPSA) is 111 Å². The summed E-state index contributed by atoms with van der Waals surface area (Å²) >= 11 is 0. The summed E-state index contributed by atoms with van der Waals surface area (Å²) in [6.07, 6.45) is 3.07. The Bertz CT molecular complexity index is 606. The number of benzene rings is 1. The lowest BCUT2D eigenvalue weighted by molar-refractivity contribution is -0.127. The van der Waals surface area contributed by atoms with Crippen LogP contribution in [0.2, 0.25) is 0 Å². The lowest BCUT2D eigenvalue weighted by atomic mass is 9.86. The van der Waals surface area contributed by atoms with Crippen LogP contribution < -0.4 is 21.1 Å². The van der Waals surface area contributed by atoms with E-state index in [1.807, 2.05) is 0 Å². The third kappa shape index (κ3) is 6.10. The number of hydrogen-bond donors (Lipinski definition) is 3. The zero-order valence-corrected chi connectivity index (χ0v) is 14.4. The molecule has 0 saturated heterocycles. The molecule has 7 nitrogen and oxygen atoms in total. The van der Waals surface area contributed by atoms with Crippen LogP contribution in [0, 0.1) is 5.92 Å². The molecule has 0 unspecified atom stereocenters. The van der Waals surface area contributed by atoms with Crippen molar-refractivity contribution in [3.05, 3.63) is 30.3 Å². The second kappa shape index (κ2) is 9.05. The maximum Gasteiger partial charge on any atom is 0.413 e. The van der Waals surface area contributed by atoms with Crippen molar-refractivity contribution in [2.75, 3.05) is 0 Å². The maximum atomic E-state index is 12.5. The molecule has 7 heteroatoms. The first-order chi connectivity index (χ1) is 12.0. The molecule has 1 aromatic carbocycles. The van der Waals surface area contributed by atoms with Crippen molar-refractivity contribution < 1.29 is 19.1 Å². The van der Waals surface area contributed by atoms with Crippen molar-refractivity contribution >= 4 is 17.9 Å². The van der Waals surface area contributed by atoms with Gasteiger partial charge in [0.25, 0.3) is 0 Å². The largest absolute Gasteiger partial charge is 0.413 e. The molecule has 0 bridgehead atoms. The van der Waals surface area contributed by atoms with Gasteiger partial charge in [0.1, 0.15) is 11.8 Å². The zero-order valence-electron chi connectivity index (χ0n) is 14.4. The van der Waals surface area contributed by atoms with E-state index in [1.165, 1.54) is 0 Å². The fourth-order valence-electron chi connectivity index (χ4n) is 2.99. The fourth-order valence-corrected chi connectivity index (χ4v) is 2.99. The summed E-state index contributed by atoms with van der Waals surface area (Å²) in [5.74, 6) is -0.373. The molecule has 136 valence electrons. The summed E-state index contributed by atoms with van der Waals surface area (Å²) in [4.78, 5) is 35.8. The van der Waals surface area contributed by atoms with Crippen molar-refractivity contribution in [3.63, 3.8) is 0 Å². The van der Waals surface area contributed by atoms with Gasteiger partial charge in [-0.3, -0.25) is 9.59 Å². The second-order valence-corrected chi connectivity index (χ2v) is 6.45. The molecule has 1 aliphatic carbocycles. The highest BCUT2D eigenvalue weighted by Gasteiger charge is 2.28. The van der Waals surface area contributed by atoms with E-state index in [2.05, 4.69) is 17.6 Å². The molecule has 1 fully saturated rings. The summed E-state index contributed by atoms with van der Waals surface area (Å²) in [5, 5.41) is 5.35. The predicted octanol–water partition coefficient (Wildman–Crippen LogP) is 1.71. The first kappa shape index (κ1) is 18.8. The number of rotatable bonds is 6. The quantitative estimate of drug-likeness (QED) is 0.727. The molecule has 1 aromatic rings. The summed E-state index contributed by atoms with van der Waals surface area (Å²) in [5.41, 5.74) is 5.21. The Labute approximate surface area is 147 Å². The summed E-state index contributed by atoms with van der Waals surface area (Å²) in [6, 6.07) is 7.46. The van der Waals surface area contributed by atoms with E-state index in [0.717, 1.165) is 25.7 Å². The Balaban J connectivity index is 1.95. The highest BCUT2D eigenvalue weighted by atomic mass is 16.6. The molecule has 1 saturated carbocycles. The van der Waals surface area contributed by atoms with Crippen LogP contribution in [0.25, 0.3) is 0 Å². The molecule has 0 heterocycles. The number of hydrogen-bond acceptors (Lipinski definition) is 4. The maximum absolute atomic E-state index is 12.5. The van der Waals surface area contributed by atoms with Crippen molar-refractivity contribution in [1.82, 2.24) is 10.6 Å². The minimum absolute atomic E-state index is 0.0450. The Morgan fingerprint density at radius 1 is 1.20 bits per heavy atom. The van der Waals surface area contributed by atoms with Gasteiger partial charge in [0, 0.05) is 6.04 Å². The molecule has 3 amide bonds. The van der Waals surface area contributed by atoms with Gasteiger partial charge in [0.05, 0.1) is 6.42 Å². The molecule has 0 radical (unpaired) electrons. The van der Waals surface area contributed by atoms with E-state index in [1.54, 1.807) is 30.3 Å². The van der Waals surface area contributed by atoms with Crippen LogP contribution in [-0.2, 0) is 9.59 Å². The third-order valence-corrected chi connectivity index (χ3v) is 4.41. The number of nitrogens with one attached hydrogen (secondary N) is 2. The van der Waals surface area contributed by atoms with Gasteiger partial charge >= 0.3 is 6.09 Å². The van der Waals surface area contributed by atoms with Crippen LogP contribution in [0.5, 0.6) is 5.75 Å². The number of primary amides is 1. The lowest BCUT2D eigenvalue weighted by Gasteiger charge is -2.30. The van der Waals surface area contributed by atoms with Crippen molar-refractivity contribution in [2.24, 2.45) is 11.7 Å². The fraction of sp³-hybridized carbons (Fsp3) is 0.500. The Kier molecular flexibility index (Phi) is 6.80. The number of ether oxygens (including phenoxy) is 1. The monoisotopic (exact) mass is 347 g/mol. The van der Waals surface area contributed by atoms with Gasteiger partial charge in [0.2, 0.25) is 11.8 Å². The van der Waals surface area contributed by atoms with E-state index in [9.17, 15) is 14.4 Å². The molecular weight excluding hydrogens is 322 g/mol. The van der Waals surface area contributed by atoms with E-state index in [0.29, 0.717) is 11.7 Å². The molecule has 0 aliphatic heterocycles. The molecule has 4 N–H and O–H groups in total. The summed E-state index contributed by atoms with van der Waals surface area (Å²) in [6.45, 7) is 2.09. The molecule has 0 aromatic heterocycles. The minimum atomic E-state index is -1.05. The standard InChI is InChI=1S/C18H25N3O4/c1-12-7-5-6-10-14(12)20-17(23)15(11-16(19)22)21-18(24)25-13-8-3-2-4-9-13/h2-4,8-9,12,14-15H,5-7,10-11H2,1H3,(H2,19,22)(H,20,23)(H,21,24)/t12-,14+,15-/m1/s1. The van der Waals surface area contributed by atoms with Crippen molar-refractivity contribution in [1.29, 1.82) is 0 Å². The molecule has 25 heavy (non-hydrogen) atoms. The highest BCUT2D eigenvalue weighted by Crippen LogP contribution is 2.23. The normalized spacial score (nSPS) is 21.0. The van der Waals surface area contributed by atoms with Gasteiger partial charge < -0.3 is 21.1 Å². The van der Waals surface area contributed by atoms with Gasteiger partial charge in [-0.15, -0.1) is 0 Å². The van der Waals surface area contributed by atoms with Crippen LogP contribution in [0.15, 0.2) is 30.3 Å².